The van der Waals surface area contributed by atoms with Crippen LogP contribution in [-0.4, -0.2) is 60.7 Å². The fourth-order valence-electron chi connectivity index (χ4n) is 4.82. The molecule has 2 aromatic carbocycles. The first-order valence-corrected chi connectivity index (χ1v) is 13.7. The second-order valence-electron chi connectivity index (χ2n) is 9.78. The molecule has 1 amide bonds. The number of hydrogen-bond acceptors (Lipinski definition) is 8. The third-order valence-corrected chi connectivity index (χ3v) is 7.68. The van der Waals surface area contributed by atoms with Gasteiger partial charge in [0.15, 0.2) is 0 Å². The molecule has 9 heteroatoms. The molecule has 8 nitrogen and oxygen atoms in total. The van der Waals surface area contributed by atoms with E-state index in [-0.39, 0.29) is 12.1 Å². The molecule has 0 aliphatic carbocycles. The van der Waals surface area contributed by atoms with Crippen molar-refractivity contribution in [2.75, 3.05) is 37.5 Å². The summed E-state index contributed by atoms with van der Waals surface area (Å²) in [6.45, 7) is 5.92. The van der Waals surface area contributed by atoms with Crippen LogP contribution in [0, 0.1) is 0 Å². The molecule has 5 rings (SSSR count). The largest absolute Gasteiger partial charge is 0.496 e. The van der Waals surface area contributed by atoms with Gasteiger partial charge in [-0.3, -0.25) is 4.79 Å². The van der Waals surface area contributed by atoms with Crippen molar-refractivity contribution >= 4 is 45.3 Å². The molecule has 198 valence electrons. The fraction of sp³-hybridized carbons (Fsp3) is 0.345. The van der Waals surface area contributed by atoms with Crippen molar-refractivity contribution < 1.29 is 14.3 Å². The molecule has 0 unspecified atom stereocenters. The maximum Gasteiger partial charge on any atom is 0.227 e. The zero-order valence-electron chi connectivity index (χ0n) is 22.2. The molecule has 3 heterocycles. The minimum absolute atomic E-state index is 0.0452. The Balaban J connectivity index is 1.46. The van der Waals surface area contributed by atoms with E-state index >= 15 is 0 Å². The quantitative estimate of drug-likeness (QED) is 0.267. The topological polar surface area (TPSA) is 79.8 Å². The summed E-state index contributed by atoms with van der Waals surface area (Å²) in [6, 6.07) is 13.9. The molecule has 4 aromatic rings. The van der Waals surface area contributed by atoms with Crippen LogP contribution in [-0.2, 0) is 4.79 Å². The van der Waals surface area contributed by atoms with Gasteiger partial charge in [-0.15, -0.1) is 11.3 Å². The Kier molecular flexibility index (Phi) is 7.76. The average molecular weight is 532 g/mol. The van der Waals surface area contributed by atoms with Crippen molar-refractivity contribution in [3.05, 3.63) is 54.0 Å². The van der Waals surface area contributed by atoms with Crippen LogP contribution in [0.3, 0.4) is 0 Å². The number of rotatable bonds is 9. The van der Waals surface area contributed by atoms with Crippen LogP contribution < -0.4 is 19.7 Å². The molecule has 1 fully saturated rings. The van der Waals surface area contributed by atoms with Crippen molar-refractivity contribution in [1.82, 2.24) is 14.9 Å². The SMILES string of the molecule is COc1ccccc1-c1csc2cnc(Nc3ccc(N(C=O)C4CCN(C)CC4)cc3OC(C)C)nc12. The lowest BCUT2D eigenvalue weighted by Crippen LogP contribution is -2.43. The number of ether oxygens (including phenoxy) is 2. The number of para-hydroxylation sites is 1. The van der Waals surface area contributed by atoms with Gasteiger partial charge in [0.1, 0.15) is 11.5 Å². The Morgan fingerprint density at radius 2 is 1.92 bits per heavy atom. The summed E-state index contributed by atoms with van der Waals surface area (Å²) in [5, 5.41) is 5.43. The minimum atomic E-state index is -0.0452. The number of piperidine rings is 1. The van der Waals surface area contributed by atoms with Crippen molar-refractivity contribution in [2.45, 2.75) is 38.8 Å². The lowest BCUT2D eigenvalue weighted by atomic mass is 10.0. The van der Waals surface area contributed by atoms with Gasteiger partial charge in [0, 0.05) is 34.3 Å². The first-order chi connectivity index (χ1) is 18.5. The normalized spacial score (nSPS) is 14.6. The van der Waals surface area contributed by atoms with E-state index in [9.17, 15) is 4.79 Å². The van der Waals surface area contributed by atoms with E-state index in [1.807, 2.05) is 67.4 Å². The number of fused-ring (bicyclic) bond motifs is 1. The lowest BCUT2D eigenvalue weighted by Gasteiger charge is -2.35. The zero-order chi connectivity index (χ0) is 26.6. The van der Waals surface area contributed by atoms with Gasteiger partial charge in [-0.1, -0.05) is 18.2 Å². The standard InChI is InChI=1S/C29H33N5O3S/c1-19(2)37-26-15-21(34(18-35)20-11-13-33(3)14-12-20)9-10-24(26)31-29-30-16-27-28(32-29)23(17-38-27)22-7-5-6-8-25(22)36-4/h5-10,15-20H,11-14H2,1-4H3,(H,30,31,32). The molecule has 0 atom stereocenters. The highest BCUT2D eigenvalue weighted by Crippen LogP contribution is 2.39. The van der Waals surface area contributed by atoms with Crippen LogP contribution in [0.25, 0.3) is 21.3 Å². The molecule has 1 aliphatic heterocycles. The Bertz CT molecular complexity index is 1410. The number of hydrogen-bond donors (Lipinski definition) is 1. The highest BCUT2D eigenvalue weighted by atomic mass is 32.1. The summed E-state index contributed by atoms with van der Waals surface area (Å²) in [7, 11) is 3.79. The summed E-state index contributed by atoms with van der Waals surface area (Å²) in [6.07, 6.45) is 4.61. The number of amides is 1. The van der Waals surface area contributed by atoms with Gasteiger partial charge in [0.05, 0.1) is 35.3 Å². The number of nitrogens with zero attached hydrogens (tertiary/aromatic N) is 4. The summed E-state index contributed by atoms with van der Waals surface area (Å²) >= 11 is 1.60. The molecule has 1 aliphatic rings. The highest BCUT2D eigenvalue weighted by Gasteiger charge is 2.24. The van der Waals surface area contributed by atoms with Gasteiger partial charge in [0.25, 0.3) is 0 Å². The average Bonchev–Trinajstić information content (AvgIpc) is 3.34. The summed E-state index contributed by atoms with van der Waals surface area (Å²) in [5.41, 5.74) is 4.41. The van der Waals surface area contributed by atoms with Gasteiger partial charge in [-0.25, -0.2) is 9.97 Å². The van der Waals surface area contributed by atoms with E-state index in [0.29, 0.717) is 11.7 Å². The Labute approximate surface area is 227 Å². The number of aromatic nitrogens is 2. The van der Waals surface area contributed by atoms with E-state index in [1.54, 1.807) is 18.4 Å². The maximum absolute atomic E-state index is 12.1. The van der Waals surface area contributed by atoms with Crippen LogP contribution in [0.5, 0.6) is 11.5 Å². The van der Waals surface area contributed by atoms with Gasteiger partial charge >= 0.3 is 0 Å². The highest BCUT2D eigenvalue weighted by molar-refractivity contribution is 7.17. The first kappa shape index (κ1) is 25.9. The number of carbonyl (C=O) groups excluding carboxylic acids is 1. The molecular weight excluding hydrogens is 498 g/mol. The van der Waals surface area contributed by atoms with Gasteiger partial charge in [0.2, 0.25) is 12.4 Å². The summed E-state index contributed by atoms with van der Waals surface area (Å²) in [5.74, 6) is 1.92. The number of carbonyl (C=O) groups is 1. The second kappa shape index (κ2) is 11.4. The van der Waals surface area contributed by atoms with Crippen LogP contribution in [0.15, 0.2) is 54.0 Å². The predicted octanol–water partition coefficient (Wildman–Crippen LogP) is 5.95. The number of methoxy groups -OCH3 is 1. The van der Waals surface area contributed by atoms with E-state index in [0.717, 1.165) is 70.8 Å². The van der Waals surface area contributed by atoms with Crippen molar-refractivity contribution in [3.63, 3.8) is 0 Å². The maximum atomic E-state index is 12.1. The van der Waals surface area contributed by atoms with Gasteiger partial charge < -0.3 is 24.6 Å². The predicted molar refractivity (Wildman–Crippen MR) is 154 cm³/mol. The Morgan fingerprint density at radius 1 is 1.13 bits per heavy atom. The number of anilines is 3. The van der Waals surface area contributed by atoms with E-state index in [2.05, 4.69) is 27.6 Å². The molecule has 0 saturated carbocycles. The van der Waals surface area contributed by atoms with Gasteiger partial charge in [-0.05, 0) is 65.0 Å². The fourth-order valence-corrected chi connectivity index (χ4v) is 5.69. The van der Waals surface area contributed by atoms with E-state index < -0.39 is 0 Å². The molecule has 2 aromatic heterocycles. The number of thiophene rings is 1. The first-order valence-electron chi connectivity index (χ1n) is 12.8. The number of nitrogens with one attached hydrogen (secondary N) is 1. The van der Waals surface area contributed by atoms with Crippen molar-refractivity contribution in [3.8, 4) is 22.6 Å². The van der Waals surface area contributed by atoms with E-state index in [4.69, 9.17) is 14.5 Å². The van der Waals surface area contributed by atoms with Crippen LogP contribution in [0.2, 0.25) is 0 Å². The summed E-state index contributed by atoms with van der Waals surface area (Å²) < 4.78 is 12.7. The minimum Gasteiger partial charge on any atom is -0.496 e. The van der Waals surface area contributed by atoms with Crippen molar-refractivity contribution in [2.24, 2.45) is 0 Å². The zero-order valence-corrected chi connectivity index (χ0v) is 23.0. The molecule has 38 heavy (non-hydrogen) atoms. The lowest BCUT2D eigenvalue weighted by molar-refractivity contribution is -0.108. The number of benzene rings is 2. The molecule has 1 N–H and O–H groups in total. The second-order valence-corrected chi connectivity index (χ2v) is 10.7. The molecule has 0 spiro atoms. The smallest absolute Gasteiger partial charge is 0.227 e. The molecular formula is C29H33N5O3S. The van der Waals surface area contributed by atoms with Crippen molar-refractivity contribution in [1.29, 1.82) is 0 Å². The van der Waals surface area contributed by atoms with Crippen LogP contribution in [0.1, 0.15) is 26.7 Å². The van der Waals surface area contributed by atoms with Crippen LogP contribution in [0.4, 0.5) is 17.3 Å². The molecule has 0 bridgehead atoms. The Morgan fingerprint density at radius 3 is 2.66 bits per heavy atom. The monoisotopic (exact) mass is 531 g/mol. The van der Waals surface area contributed by atoms with E-state index in [1.165, 1.54) is 0 Å². The third-order valence-electron chi connectivity index (χ3n) is 6.78. The molecule has 1 saturated heterocycles. The Hall–Kier alpha value is -3.69. The number of likely N-dealkylation sites (tertiary alicyclic amines) is 1. The third kappa shape index (κ3) is 5.44. The molecule has 0 radical (unpaired) electrons. The van der Waals surface area contributed by atoms with Crippen LogP contribution >= 0.6 is 11.3 Å². The summed E-state index contributed by atoms with van der Waals surface area (Å²) in [4.78, 5) is 25.7. The van der Waals surface area contributed by atoms with Gasteiger partial charge in [-0.2, -0.15) is 0 Å².